The lowest BCUT2D eigenvalue weighted by atomic mass is 9.99. The van der Waals surface area contributed by atoms with Gasteiger partial charge in [0.15, 0.2) is 0 Å². The maximum Gasteiger partial charge on any atom is 0.377 e. The summed E-state index contributed by atoms with van der Waals surface area (Å²) < 4.78 is 0. The third-order valence-corrected chi connectivity index (χ3v) is 2.06. The summed E-state index contributed by atoms with van der Waals surface area (Å²) in [7, 11) is 0. The van der Waals surface area contributed by atoms with Gasteiger partial charge in [-0.05, 0) is 29.7 Å². The molecule has 0 bridgehead atoms. The van der Waals surface area contributed by atoms with Crippen LogP contribution >= 0.6 is 0 Å². The van der Waals surface area contributed by atoms with Crippen LogP contribution in [0.1, 0.15) is 35.7 Å². The van der Waals surface area contributed by atoms with Crippen molar-refractivity contribution < 1.29 is 19.8 Å². The molecule has 0 amide bonds. The molecule has 1 aromatic rings. The third kappa shape index (κ3) is 2.56. The van der Waals surface area contributed by atoms with Crippen LogP contribution in [-0.4, -0.2) is 22.0 Å². The Morgan fingerprint density at radius 2 is 1.80 bits per heavy atom. The Hall–Kier alpha value is -1.84. The number of phenolic OH excluding ortho intramolecular Hbond substituents is 1. The van der Waals surface area contributed by atoms with Gasteiger partial charge in [0.1, 0.15) is 5.75 Å². The van der Waals surface area contributed by atoms with E-state index in [0.29, 0.717) is 0 Å². The highest BCUT2D eigenvalue weighted by Gasteiger charge is 2.16. The predicted octanol–water partition coefficient (Wildman–Crippen LogP) is 1.78. The van der Waals surface area contributed by atoms with Crippen LogP contribution in [0.4, 0.5) is 0 Å². The van der Waals surface area contributed by atoms with Crippen molar-refractivity contribution in [1.82, 2.24) is 0 Å². The van der Waals surface area contributed by atoms with E-state index in [4.69, 9.17) is 5.11 Å². The summed E-state index contributed by atoms with van der Waals surface area (Å²) >= 11 is 0. The van der Waals surface area contributed by atoms with Gasteiger partial charge in [-0.2, -0.15) is 0 Å². The number of Topliss-reactive ketones (excluding diaryl/α,β-unsaturated/α-hetero) is 1. The van der Waals surface area contributed by atoms with Gasteiger partial charge < -0.3 is 10.2 Å². The maximum absolute atomic E-state index is 11.2. The Bertz CT molecular complexity index is 407. The topological polar surface area (TPSA) is 74.6 Å². The molecule has 0 unspecified atom stereocenters. The first-order chi connectivity index (χ1) is 6.91. The van der Waals surface area contributed by atoms with Crippen molar-refractivity contribution in [2.24, 2.45) is 0 Å². The van der Waals surface area contributed by atoms with Gasteiger partial charge in [0.05, 0.1) is 0 Å². The number of carboxylic acid groups (broad SMARTS) is 1. The van der Waals surface area contributed by atoms with Crippen molar-refractivity contribution >= 4 is 11.8 Å². The number of phenols is 1. The summed E-state index contributed by atoms with van der Waals surface area (Å²) in [5.74, 6) is -2.49. The van der Waals surface area contributed by atoms with Gasteiger partial charge >= 0.3 is 5.97 Å². The quantitative estimate of drug-likeness (QED) is 0.586. The molecule has 0 fully saturated rings. The minimum Gasteiger partial charge on any atom is -0.508 e. The molecule has 0 spiro atoms. The average Bonchev–Trinajstić information content (AvgIpc) is 2.15. The Morgan fingerprint density at radius 1 is 1.20 bits per heavy atom. The van der Waals surface area contributed by atoms with Crippen molar-refractivity contribution in [3.05, 3.63) is 29.3 Å². The monoisotopic (exact) mass is 208 g/mol. The lowest BCUT2D eigenvalue weighted by Crippen LogP contribution is -2.12. The molecule has 0 heterocycles. The standard InChI is InChI=1S/C11H12O4/c1-6(2)7-3-8(5-9(12)4-7)10(13)11(14)15/h3-6,12H,1-2H3,(H,14,15). The molecule has 1 rings (SSSR count). The van der Waals surface area contributed by atoms with Gasteiger partial charge in [-0.1, -0.05) is 13.8 Å². The third-order valence-electron chi connectivity index (χ3n) is 2.06. The largest absolute Gasteiger partial charge is 0.508 e. The van der Waals surface area contributed by atoms with Gasteiger partial charge in [0.2, 0.25) is 0 Å². The van der Waals surface area contributed by atoms with E-state index in [9.17, 15) is 14.7 Å². The molecule has 0 aliphatic rings. The molecule has 80 valence electrons. The van der Waals surface area contributed by atoms with Crippen molar-refractivity contribution in [3.8, 4) is 5.75 Å². The zero-order chi connectivity index (χ0) is 11.6. The van der Waals surface area contributed by atoms with Crippen LogP contribution in [-0.2, 0) is 4.79 Å². The second-order valence-electron chi connectivity index (χ2n) is 3.60. The Labute approximate surface area is 87.2 Å². The van der Waals surface area contributed by atoms with Gasteiger partial charge in [-0.3, -0.25) is 4.79 Å². The van der Waals surface area contributed by atoms with Crippen LogP contribution in [0.3, 0.4) is 0 Å². The molecular formula is C11H12O4. The number of carboxylic acids is 1. The van der Waals surface area contributed by atoms with Gasteiger partial charge in [-0.25, -0.2) is 4.79 Å². The zero-order valence-electron chi connectivity index (χ0n) is 8.52. The second kappa shape index (κ2) is 4.13. The van der Waals surface area contributed by atoms with E-state index >= 15 is 0 Å². The highest BCUT2D eigenvalue weighted by molar-refractivity contribution is 6.39. The molecule has 4 nitrogen and oxygen atoms in total. The van der Waals surface area contributed by atoms with Crippen LogP contribution < -0.4 is 0 Å². The highest BCUT2D eigenvalue weighted by Crippen LogP contribution is 2.22. The minimum atomic E-state index is -1.52. The Kier molecular flexibility index (Phi) is 3.09. The summed E-state index contributed by atoms with van der Waals surface area (Å²) in [5, 5.41) is 17.9. The number of hydrogen-bond acceptors (Lipinski definition) is 3. The number of aromatic hydroxyl groups is 1. The number of aliphatic carboxylic acids is 1. The fourth-order valence-corrected chi connectivity index (χ4v) is 1.22. The maximum atomic E-state index is 11.2. The second-order valence-corrected chi connectivity index (χ2v) is 3.60. The first-order valence-corrected chi connectivity index (χ1v) is 4.53. The number of hydrogen-bond donors (Lipinski definition) is 2. The summed E-state index contributed by atoms with van der Waals surface area (Å²) in [5.41, 5.74) is 0.741. The molecular weight excluding hydrogens is 196 g/mol. The molecule has 0 aliphatic carbocycles. The van der Waals surface area contributed by atoms with Crippen molar-refractivity contribution in [2.75, 3.05) is 0 Å². The van der Waals surface area contributed by atoms with E-state index in [1.807, 2.05) is 13.8 Å². The summed E-state index contributed by atoms with van der Waals surface area (Å²) in [6.45, 7) is 3.79. The van der Waals surface area contributed by atoms with Gasteiger partial charge in [0.25, 0.3) is 5.78 Å². The van der Waals surface area contributed by atoms with E-state index in [0.717, 1.165) is 11.6 Å². The smallest absolute Gasteiger partial charge is 0.377 e. The molecule has 0 saturated heterocycles. The first-order valence-electron chi connectivity index (χ1n) is 4.53. The van der Waals surface area contributed by atoms with Crippen LogP contribution in [0.25, 0.3) is 0 Å². The fraction of sp³-hybridized carbons (Fsp3) is 0.273. The SMILES string of the molecule is CC(C)c1cc(O)cc(C(=O)C(=O)O)c1. The summed E-state index contributed by atoms with van der Waals surface area (Å²) in [4.78, 5) is 21.6. The molecule has 15 heavy (non-hydrogen) atoms. The normalized spacial score (nSPS) is 10.3. The van der Waals surface area contributed by atoms with Crippen molar-refractivity contribution in [3.63, 3.8) is 0 Å². The van der Waals surface area contributed by atoms with E-state index in [1.54, 1.807) is 0 Å². The molecule has 0 atom stereocenters. The molecule has 0 saturated carbocycles. The lowest BCUT2D eigenvalue weighted by Gasteiger charge is -2.07. The van der Waals surface area contributed by atoms with E-state index in [1.165, 1.54) is 12.1 Å². The predicted molar refractivity (Wildman–Crippen MR) is 54.2 cm³/mol. The lowest BCUT2D eigenvalue weighted by molar-refractivity contribution is -0.131. The number of carbonyl (C=O) groups excluding carboxylic acids is 1. The molecule has 2 N–H and O–H groups in total. The number of carbonyl (C=O) groups is 2. The fourth-order valence-electron chi connectivity index (χ4n) is 1.22. The van der Waals surface area contributed by atoms with Crippen LogP contribution in [0.2, 0.25) is 0 Å². The van der Waals surface area contributed by atoms with Crippen LogP contribution in [0.15, 0.2) is 18.2 Å². The van der Waals surface area contributed by atoms with Gasteiger partial charge in [0, 0.05) is 5.56 Å². The Balaban J connectivity index is 3.20. The molecule has 4 heteroatoms. The summed E-state index contributed by atoms with van der Waals surface area (Å²) in [6.07, 6.45) is 0. The molecule has 0 aliphatic heterocycles. The number of benzene rings is 1. The minimum absolute atomic E-state index is 0.00574. The van der Waals surface area contributed by atoms with Gasteiger partial charge in [-0.15, -0.1) is 0 Å². The van der Waals surface area contributed by atoms with E-state index in [2.05, 4.69) is 0 Å². The molecule has 1 aromatic carbocycles. The van der Waals surface area contributed by atoms with E-state index in [-0.39, 0.29) is 17.2 Å². The Morgan fingerprint density at radius 3 is 2.27 bits per heavy atom. The van der Waals surface area contributed by atoms with E-state index < -0.39 is 11.8 Å². The zero-order valence-corrected chi connectivity index (χ0v) is 8.52. The molecule has 0 aromatic heterocycles. The number of ketones is 1. The highest BCUT2D eigenvalue weighted by atomic mass is 16.4. The van der Waals surface area contributed by atoms with Crippen LogP contribution in [0.5, 0.6) is 5.75 Å². The average molecular weight is 208 g/mol. The number of rotatable bonds is 3. The van der Waals surface area contributed by atoms with Crippen molar-refractivity contribution in [2.45, 2.75) is 19.8 Å². The first kappa shape index (κ1) is 11.2. The molecule has 0 radical (unpaired) electrons. The van der Waals surface area contributed by atoms with Crippen LogP contribution in [0, 0.1) is 0 Å². The summed E-state index contributed by atoms with van der Waals surface area (Å²) in [6, 6.07) is 4.16. The van der Waals surface area contributed by atoms with Crippen molar-refractivity contribution in [1.29, 1.82) is 0 Å².